The van der Waals surface area contributed by atoms with Crippen molar-refractivity contribution in [3.63, 3.8) is 0 Å². The van der Waals surface area contributed by atoms with Gasteiger partial charge in [0, 0.05) is 19.5 Å². The molecule has 0 radical (unpaired) electrons. The van der Waals surface area contributed by atoms with Crippen LogP contribution in [0.15, 0.2) is 0 Å². The number of carbonyl (C=O) groups is 1. The first-order valence-corrected chi connectivity index (χ1v) is 4.98. The minimum atomic E-state index is -0.841. The van der Waals surface area contributed by atoms with Gasteiger partial charge in [0.25, 0.3) is 0 Å². The van der Waals surface area contributed by atoms with E-state index >= 15 is 0 Å². The van der Waals surface area contributed by atoms with Crippen molar-refractivity contribution >= 4 is 6.09 Å². The van der Waals surface area contributed by atoms with E-state index in [-0.39, 0.29) is 5.41 Å². The van der Waals surface area contributed by atoms with E-state index in [1.54, 1.807) is 0 Å². The van der Waals surface area contributed by atoms with Crippen LogP contribution in [-0.4, -0.2) is 29.2 Å². The van der Waals surface area contributed by atoms with Gasteiger partial charge in [0.15, 0.2) is 0 Å². The number of nitriles is 1. The Morgan fingerprint density at radius 3 is 2.50 bits per heavy atom. The van der Waals surface area contributed by atoms with Crippen LogP contribution >= 0.6 is 0 Å². The molecule has 0 bridgehead atoms. The Kier molecular flexibility index (Phi) is 3.34. The summed E-state index contributed by atoms with van der Waals surface area (Å²) in [7, 11) is 0. The van der Waals surface area contributed by atoms with E-state index < -0.39 is 6.09 Å². The van der Waals surface area contributed by atoms with E-state index in [0.717, 1.165) is 19.3 Å². The summed E-state index contributed by atoms with van der Waals surface area (Å²) in [6, 6.07) is 2.21. The van der Waals surface area contributed by atoms with Gasteiger partial charge in [-0.3, -0.25) is 0 Å². The normalized spacial score (nSPS) is 20.1. The summed E-state index contributed by atoms with van der Waals surface area (Å²) in [6.07, 6.45) is 2.32. The van der Waals surface area contributed by atoms with Gasteiger partial charge in [-0.25, -0.2) is 4.79 Å². The predicted octanol–water partition coefficient (Wildman–Crippen LogP) is 2.07. The van der Waals surface area contributed by atoms with Crippen molar-refractivity contribution in [3.8, 4) is 6.07 Å². The monoisotopic (exact) mass is 196 g/mol. The Bertz CT molecular complexity index is 249. The third-order valence-corrected chi connectivity index (χ3v) is 3.30. The van der Waals surface area contributed by atoms with Crippen molar-refractivity contribution in [2.45, 2.75) is 32.6 Å². The van der Waals surface area contributed by atoms with Gasteiger partial charge in [0.2, 0.25) is 0 Å². The summed E-state index contributed by atoms with van der Waals surface area (Å²) in [5, 5.41) is 17.5. The van der Waals surface area contributed by atoms with Crippen molar-refractivity contribution in [3.05, 3.63) is 0 Å². The summed E-state index contributed by atoms with van der Waals surface area (Å²) in [5.41, 5.74) is 0.0701. The van der Waals surface area contributed by atoms with Crippen LogP contribution in [0.2, 0.25) is 0 Å². The van der Waals surface area contributed by atoms with Gasteiger partial charge in [-0.1, -0.05) is 6.92 Å². The number of nitrogens with zero attached hydrogens (tertiary/aromatic N) is 2. The molecule has 0 atom stereocenters. The van der Waals surface area contributed by atoms with Crippen molar-refractivity contribution < 1.29 is 9.90 Å². The molecule has 78 valence electrons. The zero-order chi connectivity index (χ0) is 10.6. The lowest BCUT2D eigenvalue weighted by Crippen LogP contribution is -2.42. The highest BCUT2D eigenvalue weighted by atomic mass is 16.4. The molecule has 1 amide bonds. The van der Waals surface area contributed by atoms with E-state index in [1.807, 2.05) is 0 Å². The average Bonchev–Trinajstić information content (AvgIpc) is 2.19. The molecule has 1 fully saturated rings. The fourth-order valence-electron chi connectivity index (χ4n) is 2.00. The van der Waals surface area contributed by atoms with E-state index in [9.17, 15) is 4.79 Å². The second kappa shape index (κ2) is 4.32. The molecule has 0 saturated carbocycles. The largest absolute Gasteiger partial charge is 0.465 e. The molecule has 4 heteroatoms. The minimum absolute atomic E-state index is 0.0701. The Morgan fingerprint density at radius 1 is 1.57 bits per heavy atom. The Hall–Kier alpha value is -1.24. The Labute approximate surface area is 84.1 Å². The van der Waals surface area contributed by atoms with E-state index in [0.29, 0.717) is 19.5 Å². The van der Waals surface area contributed by atoms with E-state index in [2.05, 4.69) is 13.0 Å². The summed E-state index contributed by atoms with van der Waals surface area (Å²) in [4.78, 5) is 12.1. The van der Waals surface area contributed by atoms with Crippen LogP contribution in [0, 0.1) is 16.7 Å². The highest BCUT2D eigenvalue weighted by Gasteiger charge is 2.34. The van der Waals surface area contributed by atoms with Gasteiger partial charge in [-0.2, -0.15) is 5.26 Å². The molecule has 0 unspecified atom stereocenters. The summed E-state index contributed by atoms with van der Waals surface area (Å²) < 4.78 is 0. The first kappa shape index (κ1) is 10.8. The molecule has 1 aliphatic rings. The van der Waals surface area contributed by atoms with Crippen LogP contribution in [0.4, 0.5) is 4.79 Å². The summed E-state index contributed by atoms with van der Waals surface area (Å²) in [5.74, 6) is 0. The van der Waals surface area contributed by atoms with Crippen LogP contribution in [0.3, 0.4) is 0 Å². The number of likely N-dealkylation sites (tertiary alicyclic amines) is 1. The van der Waals surface area contributed by atoms with Gasteiger partial charge < -0.3 is 10.0 Å². The van der Waals surface area contributed by atoms with Crippen molar-refractivity contribution in [2.24, 2.45) is 5.41 Å². The number of piperidine rings is 1. The lowest BCUT2D eigenvalue weighted by atomic mass is 9.74. The quantitative estimate of drug-likeness (QED) is 0.735. The van der Waals surface area contributed by atoms with Crippen LogP contribution in [0.5, 0.6) is 0 Å². The number of amides is 1. The first-order valence-electron chi connectivity index (χ1n) is 4.98. The molecule has 1 N–H and O–H groups in total. The highest BCUT2D eigenvalue weighted by Crippen LogP contribution is 2.37. The fraction of sp³-hybridized carbons (Fsp3) is 0.800. The molecule has 0 aromatic heterocycles. The van der Waals surface area contributed by atoms with Crippen LogP contribution < -0.4 is 0 Å². The van der Waals surface area contributed by atoms with E-state index in [4.69, 9.17) is 10.4 Å². The lowest BCUT2D eigenvalue weighted by molar-refractivity contribution is 0.0887. The van der Waals surface area contributed by atoms with Crippen molar-refractivity contribution in [2.75, 3.05) is 13.1 Å². The van der Waals surface area contributed by atoms with Crippen molar-refractivity contribution in [1.29, 1.82) is 5.26 Å². The number of carboxylic acid groups (broad SMARTS) is 1. The topological polar surface area (TPSA) is 64.3 Å². The molecule has 0 aliphatic carbocycles. The van der Waals surface area contributed by atoms with Gasteiger partial charge in [-0.05, 0) is 24.7 Å². The average molecular weight is 196 g/mol. The molecular formula is C10H16N2O2. The zero-order valence-corrected chi connectivity index (χ0v) is 8.49. The number of hydrogen-bond acceptors (Lipinski definition) is 2. The molecule has 14 heavy (non-hydrogen) atoms. The van der Waals surface area contributed by atoms with Crippen LogP contribution in [0.25, 0.3) is 0 Å². The van der Waals surface area contributed by atoms with Gasteiger partial charge in [0.1, 0.15) is 0 Å². The van der Waals surface area contributed by atoms with Gasteiger partial charge in [0.05, 0.1) is 6.07 Å². The summed E-state index contributed by atoms with van der Waals surface area (Å²) in [6.45, 7) is 3.23. The highest BCUT2D eigenvalue weighted by molar-refractivity contribution is 5.65. The molecule has 4 nitrogen and oxygen atoms in total. The smallest absolute Gasteiger partial charge is 0.407 e. The third kappa shape index (κ3) is 2.16. The first-order chi connectivity index (χ1) is 6.63. The molecule has 0 spiro atoms. The molecule has 1 saturated heterocycles. The predicted molar refractivity (Wildman–Crippen MR) is 51.8 cm³/mol. The maximum atomic E-state index is 10.7. The van der Waals surface area contributed by atoms with Gasteiger partial charge >= 0.3 is 6.09 Å². The minimum Gasteiger partial charge on any atom is -0.465 e. The Morgan fingerprint density at radius 2 is 2.14 bits per heavy atom. The fourth-order valence-corrected chi connectivity index (χ4v) is 2.00. The zero-order valence-electron chi connectivity index (χ0n) is 8.49. The number of hydrogen-bond donors (Lipinski definition) is 1. The summed E-state index contributed by atoms with van der Waals surface area (Å²) >= 11 is 0. The SMILES string of the molecule is CCC1(CC#N)CCN(C(=O)O)CC1. The second-order valence-electron chi connectivity index (χ2n) is 3.96. The van der Waals surface area contributed by atoms with E-state index in [1.165, 1.54) is 4.90 Å². The Balaban J connectivity index is 2.55. The van der Waals surface area contributed by atoms with Crippen molar-refractivity contribution in [1.82, 2.24) is 4.90 Å². The molecule has 1 rings (SSSR count). The van der Waals surface area contributed by atoms with Gasteiger partial charge in [-0.15, -0.1) is 0 Å². The number of rotatable bonds is 2. The van der Waals surface area contributed by atoms with Crippen LogP contribution in [0.1, 0.15) is 32.6 Å². The molecule has 1 heterocycles. The molecular weight excluding hydrogens is 180 g/mol. The standard InChI is InChI=1S/C10H16N2O2/c1-2-10(3-6-11)4-7-12(8-5-10)9(13)14/h2-5,7-8H2,1H3,(H,13,14). The maximum Gasteiger partial charge on any atom is 0.407 e. The van der Waals surface area contributed by atoms with Crippen LogP contribution in [-0.2, 0) is 0 Å². The molecule has 0 aromatic carbocycles. The molecule has 0 aromatic rings. The second-order valence-corrected chi connectivity index (χ2v) is 3.96. The third-order valence-electron chi connectivity index (χ3n) is 3.30. The maximum absolute atomic E-state index is 10.7. The molecule has 1 aliphatic heterocycles. The lowest BCUT2D eigenvalue weighted by Gasteiger charge is -2.38.